The minimum Gasteiger partial charge on any atom is -0.122 e. The predicted molar refractivity (Wildman–Crippen MR) is 61.9 cm³/mol. The highest BCUT2D eigenvalue weighted by atomic mass is 35.5. The second kappa shape index (κ2) is 3.87. The van der Waals surface area contributed by atoms with Crippen molar-refractivity contribution < 1.29 is 3.96 Å². The Labute approximate surface area is 93.1 Å². The van der Waals surface area contributed by atoms with Crippen LogP contribution in [0.2, 0.25) is 5.15 Å². The Morgan fingerprint density at radius 3 is 2.71 bits per heavy atom. The lowest BCUT2D eigenvalue weighted by Crippen LogP contribution is -2.32. The quantitative estimate of drug-likeness (QED) is 0.691. The van der Waals surface area contributed by atoms with E-state index >= 15 is 0 Å². The summed E-state index contributed by atoms with van der Waals surface area (Å²) >= 11 is 8.01. The molecule has 0 aliphatic heterocycles. The van der Waals surface area contributed by atoms with Crippen molar-refractivity contribution >= 4 is 33.2 Å². The minimum atomic E-state index is 0.630. The molecule has 0 aliphatic carbocycles. The van der Waals surface area contributed by atoms with Crippen LogP contribution in [-0.4, -0.2) is 0 Å². The SMILES string of the molecule is CC(C)C[n+]1sc2ccccc2c1Cl. The average molecular weight is 227 g/mol. The molecule has 0 bridgehead atoms. The maximum atomic E-state index is 6.27. The first kappa shape index (κ1) is 9.94. The van der Waals surface area contributed by atoms with E-state index in [0.717, 1.165) is 11.7 Å². The van der Waals surface area contributed by atoms with Crippen molar-refractivity contribution in [3.05, 3.63) is 29.4 Å². The fourth-order valence-corrected chi connectivity index (χ4v) is 3.04. The molecule has 0 fully saturated rings. The average Bonchev–Trinajstić information content (AvgIpc) is 2.44. The third-order valence-corrected chi connectivity index (χ3v) is 3.68. The summed E-state index contributed by atoms with van der Waals surface area (Å²) in [6.45, 7) is 5.40. The molecular formula is C11H13ClNS+. The van der Waals surface area contributed by atoms with Gasteiger partial charge < -0.3 is 0 Å². The maximum Gasteiger partial charge on any atom is 0.297 e. The van der Waals surface area contributed by atoms with E-state index in [4.69, 9.17) is 11.6 Å². The molecule has 3 heteroatoms. The minimum absolute atomic E-state index is 0.630. The zero-order chi connectivity index (χ0) is 10.1. The molecule has 2 rings (SSSR count). The molecule has 0 saturated heterocycles. The molecule has 0 saturated carbocycles. The van der Waals surface area contributed by atoms with E-state index in [-0.39, 0.29) is 0 Å². The van der Waals surface area contributed by atoms with Crippen molar-refractivity contribution in [3.63, 3.8) is 0 Å². The number of aromatic nitrogens is 1. The monoisotopic (exact) mass is 226 g/mol. The van der Waals surface area contributed by atoms with Gasteiger partial charge >= 0.3 is 0 Å². The Bertz CT molecular complexity index is 447. The van der Waals surface area contributed by atoms with Crippen LogP contribution in [0, 0.1) is 5.92 Å². The molecule has 1 aromatic heterocycles. The molecule has 2 aromatic rings. The topological polar surface area (TPSA) is 3.88 Å². The summed E-state index contributed by atoms with van der Waals surface area (Å²) in [7, 11) is 0. The van der Waals surface area contributed by atoms with Crippen LogP contribution in [0.1, 0.15) is 13.8 Å². The molecule has 0 radical (unpaired) electrons. The van der Waals surface area contributed by atoms with Gasteiger partial charge in [-0.3, -0.25) is 0 Å². The second-order valence-corrected chi connectivity index (χ2v) is 5.25. The predicted octanol–water partition coefficient (Wildman–Crippen LogP) is 3.50. The van der Waals surface area contributed by atoms with Crippen LogP contribution >= 0.6 is 23.1 Å². The van der Waals surface area contributed by atoms with Gasteiger partial charge in [0, 0.05) is 5.92 Å². The highest BCUT2D eigenvalue weighted by molar-refractivity contribution is 7.09. The van der Waals surface area contributed by atoms with Crippen molar-refractivity contribution in [2.24, 2.45) is 5.92 Å². The highest BCUT2D eigenvalue weighted by Crippen LogP contribution is 2.24. The van der Waals surface area contributed by atoms with Crippen LogP contribution in [0.5, 0.6) is 0 Å². The lowest BCUT2D eigenvalue weighted by atomic mass is 10.2. The standard InChI is InChI=1S/C11H13ClNS/c1-8(2)7-13-11(12)9-5-3-4-6-10(9)14-13/h3-6,8H,7H2,1-2H3/q+1. The molecule has 1 nitrogen and oxygen atoms in total. The Morgan fingerprint density at radius 1 is 1.36 bits per heavy atom. The van der Waals surface area contributed by atoms with Crippen molar-refractivity contribution in [3.8, 4) is 0 Å². The first-order valence-corrected chi connectivity index (χ1v) is 5.91. The molecule has 0 amide bonds. The second-order valence-electron chi connectivity index (χ2n) is 3.83. The molecule has 0 aliphatic rings. The Morgan fingerprint density at radius 2 is 2.07 bits per heavy atom. The molecule has 14 heavy (non-hydrogen) atoms. The molecule has 0 unspecified atom stereocenters. The Hall–Kier alpha value is -0.600. The molecule has 1 aromatic carbocycles. The van der Waals surface area contributed by atoms with E-state index < -0.39 is 0 Å². The van der Waals surface area contributed by atoms with E-state index in [0.29, 0.717) is 5.92 Å². The number of benzene rings is 1. The number of hydrogen-bond acceptors (Lipinski definition) is 1. The fourth-order valence-electron chi connectivity index (χ4n) is 1.46. The first-order valence-electron chi connectivity index (χ1n) is 4.76. The fraction of sp³-hybridized carbons (Fsp3) is 0.364. The van der Waals surface area contributed by atoms with Gasteiger partial charge in [-0.25, -0.2) is 0 Å². The zero-order valence-corrected chi connectivity index (χ0v) is 9.90. The Kier molecular flexibility index (Phi) is 2.75. The van der Waals surface area contributed by atoms with Gasteiger partial charge in [-0.05, 0) is 23.7 Å². The van der Waals surface area contributed by atoms with E-state index in [1.165, 1.54) is 10.1 Å². The number of rotatable bonds is 2. The van der Waals surface area contributed by atoms with Crippen LogP contribution < -0.4 is 3.96 Å². The van der Waals surface area contributed by atoms with Crippen molar-refractivity contribution in [1.29, 1.82) is 0 Å². The first-order chi connectivity index (χ1) is 6.68. The molecule has 0 spiro atoms. The van der Waals surface area contributed by atoms with Gasteiger partial charge in [0.05, 0.1) is 5.39 Å². The summed E-state index contributed by atoms with van der Waals surface area (Å²) in [6, 6.07) is 8.27. The van der Waals surface area contributed by atoms with Gasteiger partial charge in [-0.1, -0.05) is 26.0 Å². The summed E-state index contributed by atoms with van der Waals surface area (Å²) < 4.78 is 3.43. The van der Waals surface area contributed by atoms with E-state index in [2.05, 4.69) is 36.0 Å². The molecular weight excluding hydrogens is 214 g/mol. The Balaban J connectivity index is 2.51. The molecule has 0 atom stereocenters. The normalized spacial score (nSPS) is 11.4. The maximum absolute atomic E-state index is 6.27. The van der Waals surface area contributed by atoms with Gasteiger partial charge in [-0.2, -0.15) is 0 Å². The van der Waals surface area contributed by atoms with Crippen LogP contribution in [0.15, 0.2) is 24.3 Å². The lowest BCUT2D eigenvalue weighted by Gasteiger charge is -1.95. The smallest absolute Gasteiger partial charge is 0.122 e. The number of halogens is 1. The third kappa shape index (κ3) is 1.77. The van der Waals surface area contributed by atoms with Crippen LogP contribution in [0.4, 0.5) is 0 Å². The number of fused-ring (bicyclic) bond motifs is 1. The van der Waals surface area contributed by atoms with Gasteiger partial charge in [0.1, 0.15) is 16.2 Å². The van der Waals surface area contributed by atoms with E-state index in [1.54, 1.807) is 11.5 Å². The van der Waals surface area contributed by atoms with E-state index in [1.807, 2.05) is 6.07 Å². The molecule has 0 N–H and O–H groups in total. The summed E-state index contributed by atoms with van der Waals surface area (Å²) in [6.07, 6.45) is 0. The van der Waals surface area contributed by atoms with Gasteiger partial charge in [-0.15, -0.1) is 3.96 Å². The van der Waals surface area contributed by atoms with Gasteiger partial charge in [0.2, 0.25) is 0 Å². The molecule has 74 valence electrons. The van der Waals surface area contributed by atoms with Crippen molar-refractivity contribution in [2.75, 3.05) is 0 Å². The van der Waals surface area contributed by atoms with Crippen LogP contribution in [0.25, 0.3) is 10.1 Å². The van der Waals surface area contributed by atoms with Gasteiger partial charge in [0.25, 0.3) is 5.15 Å². The number of hydrogen-bond donors (Lipinski definition) is 0. The van der Waals surface area contributed by atoms with Crippen LogP contribution in [-0.2, 0) is 6.54 Å². The van der Waals surface area contributed by atoms with Crippen molar-refractivity contribution in [2.45, 2.75) is 20.4 Å². The largest absolute Gasteiger partial charge is 0.297 e. The lowest BCUT2D eigenvalue weighted by molar-refractivity contribution is -0.632. The number of nitrogens with zero attached hydrogens (tertiary/aromatic N) is 1. The summed E-state index contributed by atoms with van der Waals surface area (Å²) in [5.74, 6) is 0.630. The zero-order valence-electron chi connectivity index (χ0n) is 8.33. The van der Waals surface area contributed by atoms with E-state index in [9.17, 15) is 0 Å². The summed E-state index contributed by atoms with van der Waals surface area (Å²) in [5, 5.41) is 2.04. The third-order valence-electron chi connectivity index (χ3n) is 2.07. The summed E-state index contributed by atoms with van der Waals surface area (Å²) in [4.78, 5) is 0. The summed E-state index contributed by atoms with van der Waals surface area (Å²) in [5.41, 5.74) is 0. The van der Waals surface area contributed by atoms with Crippen molar-refractivity contribution in [1.82, 2.24) is 0 Å². The highest BCUT2D eigenvalue weighted by Gasteiger charge is 2.18. The van der Waals surface area contributed by atoms with Gasteiger partial charge in [0.15, 0.2) is 6.54 Å². The van der Waals surface area contributed by atoms with Crippen LogP contribution in [0.3, 0.4) is 0 Å². The molecule has 1 heterocycles.